The molecule has 4 rings (SSSR count). The Balaban J connectivity index is 1.71. The fourth-order valence-electron chi connectivity index (χ4n) is 5.12. The highest BCUT2D eigenvalue weighted by Crippen LogP contribution is 2.31. The highest BCUT2D eigenvalue weighted by atomic mass is 35.5. The molecule has 2 amide bonds. The second-order valence-electron chi connectivity index (χ2n) is 10.7. The van der Waals surface area contributed by atoms with Crippen molar-refractivity contribution in [3.8, 4) is 5.75 Å². The zero-order chi connectivity index (χ0) is 30.4. The predicted molar refractivity (Wildman–Crippen MR) is 165 cm³/mol. The molecule has 3 aromatic carbocycles. The summed E-state index contributed by atoms with van der Waals surface area (Å²) in [6.07, 6.45) is 3.92. The summed E-state index contributed by atoms with van der Waals surface area (Å²) in [6.45, 7) is 4.85. The van der Waals surface area contributed by atoms with Crippen LogP contribution < -0.4 is 14.4 Å². The molecule has 0 bridgehead atoms. The predicted octanol–water partition coefficient (Wildman–Crippen LogP) is 5.64. The van der Waals surface area contributed by atoms with Gasteiger partial charge < -0.3 is 15.0 Å². The van der Waals surface area contributed by atoms with Crippen LogP contribution in [-0.2, 0) is 26.2 Å². The molecule has 0 aromatic heterocycles. The van der Waals surface area contributed by atoms with Gasteiger partial charge in [0.05, 0.1) is 17.7 Å². The van der Waals surface area contributed by atoms with Crippen LogP contribution in [0, 0.1) is 13.8 Å². The van der Waals surface area contributed by atoms with Crippen molar-refractivity contribution in [3.05, 3.63) is 88.4 Å². The first-order chi connectivity index (χ1) is 20.0. The van der Waals surface area contributed by atoms with Gasteiger partial charge in [0, 0.05) is 17.6 Å². The molecule has 0 aliphatic heterocycles. The summed E-state index contributed by atoms with van der Waals surface area (Å²) in [5, 5.41) is 3.46. The number of anilines is 1. The highest BCUT2D eigenvalue weighted by molar-refractivity contribution is 7.92. The average Bonchev–Trinajstić information content (AvgIpc) is 3.49. The van der Waals surface area contributed by atoms with Crippen molar-refractivity contribution in [2.24, 2.45) is 0 Å². The third-order valence-corrected chi connectivity index (χ3v) is 9.96. The Kier molecular flexibility index (Phi) is 10.2. The highest BCUT2D eigenvalue weighted by Gasteiger charge is 2.34. The number of nitrogens with one attached hydrogen (secondary N) is 1. The van der Waals surface area contributed by atoms with Crippen LogP contribution in [0.1, 0.15) is 49.3 Å². The number of nitrogens with zero attached hydrogens (tertiary/aromatic N) is 2. The van der Waals surface area contributed by atoms with E-state index in [1.165, 1.54) is 17.0 Å². The number of aryl methyl sites for hydroxylation is 1. The van der Waals surface area contributed by atoms with E-state index in [9.17, 15) is 18.0 Å². The van der Waals surface area contributed by atoms with Crippen molar-refractivity contribution in [2.45, 2.75) is 70.0 Å². The lowest BCUT2D eigenvalue weighted by Gasteiger charge is -2.33. The Labute approximate surface area is 253 Å². The van der Waals surface area contributed by atoms with E-state index in [4.69, 9.17) is 16.3 Å². The number of carbonyl (C=O) groups is 2. The van der Waals surface area contributed by atoms with Gasteiger partial charge in [-0.25, -0.2) is 8.42 Å². The Bertz CT molecular complexity index is 1500. The van der Waals surface area contributed by atoms with Gasteiger partial charge in [-0.1, -0.05) is 60.3 Å². The molecule has 1 aliphatic carbocycles. The first kappa shape index (κ1) is 31.4. The summed E-state index contributed by atoms with van der Waals surface area (Å²) < 4.78 is 34.4. The number of sulfonamides is 1. The van der Waals surface area contributed by atoms with E-state index >= 15 is 0 Å². The molecule has 1 fully saturated rings. The van der Waals surface area contributed by atoms with Gasteiger partial charge in [-0.05, 0) is 81.1 Å². The number of hydrogen-bond acceptors (Lipinski definition) is 5. The van der Waals surface area contributed by atoms with E-state index in [0.717, 1.165) is 41.1 Å². The summed E-state index contributed by atoms with van der Waals surface area (Å²) in [5.74, 6) is -0.124. The lowest BCUT2D eigenvalue weighted by atomic mass is 10.1. The number of rotatable bonds is 11. The van der Waals surface area contributed by atoms with Gasteiger partial charge in [0.15, 0.2) is 0 Å². The molecule has 0 saturated heterocycles. The summed E-state index contributed by atoms with van der Waals surface area (Å²) >= 11 is 6.40. The van der Waals surface area contributed by atoms with Gasteiger partial charge in [0.25, 0.3) is 10.0 Å². The first-order valence-electron chi connectivity index (χ1n) is 14.1. The molecule has 42 heavy (non-hydrogen) atoms. The van der Waals surface area contributed by atoms with Crippen molar-refractivity contribution in [1.82, 2.24) is 10.2 Å². The number of hydrogen-bond donors (Lipinski definition) is 1. The van der Waals surface area contributed by atoms with Crippen LogP contribution in [0.3, 0.4) is 0 Å². The second-order valence-corrected chi connectivity index (χ2v) is 13.0. The van der Waals surface area contributed by atoms with Crippen molar-refractivity contribution < 1.29 is 22.7 Å². The molecule has 1 saturated carbocycles. The average molecular weight is 612 g/mol. The molecule has 224 valence electrons. The topological polar surface area (TPSA) is 96.0 Å². The first-order valence-corrected chi connectivity index (χ1v) is 15.9. The Hall–Kier alpha value is -3.56. The van der Waals surface area contributed by atoms with Gasteiger partial charge in [0.1, 0.15) is 18.3 Å². The standard InChI is InChI=1S/C32H38ClN3O5S/c1-22-12-18-28(19-13-22)42(39,40)36(30-11-7-10-29(33)23(30)2)21-31(37)35(20-25-14-16-27(41-4)17-15-25)24(3)32(38)34-26-8-5-6-9-26/h7,10-19,24,26H,5-6,8-9,20-21H2,1-4H3,(H,34,38). The molecule has 1 N–H and O–H groups in total. The van der Waals surface area contributed by atoms with E-state index in [2.05, 4.69) is 5.32 Å². The summed E-state index contributed by atoms with van der Waals surface area (Å²) in [5.41, 5.74) is 2.50. The normalized spacial score (nSPS) is 14.3. The minimum Gasteiger partial charge on any atom is -0.497 e. The lowest BCUT2D eigenvalue weighted by Crippen LogP contribution is -2.52. The van der Waals surface area contributed by atoms with Crippen LogP contribution in [0.2, 0.25) is 5.02 Å². The smallest absolute Gasteiger partial charge is 0.264 e. The third kappa shape index (κ3) is 7.25. The molecule has 1 atom stereocenters. The maximum Gasteiger partial charge on any atom is 0.264 e. The van der Waals surface area contributed by atoms with Crippen LogP contribution in [-0.4, -0.2) is 50.9 Å². The summed E-state index contributed by atoms with van der Waals surface area (Å²) in [4.78, 5) is 29.0. The number of amides is 2. The summed E-state index contributed by atoms with van der Waals surface area (Å²) in [6, 6.07) is 17.9. The quantitative estimate of drug-likeness (QED) is 0.303. The van der Waals surface area contributed by atoms with Crippen molar-refractivity contribution in [3.63, 3.8) is 0 Å². The molecular formula is C32H38ClN3O5S. The molecule has 0 spiro atoms. The summed E-state index contributed by atoms with van der Waals surface area (Å²) in [7, 11) is -2.60. The van der Waals surface area contributed by atoms with Crippen LogP contribution in [0.4, 0.5) is 5.69 Å². The Morgan fingerprint density at radius 3 is 2.26 bits per heavy atom. The number of halogens is 1. The zero-order valence-electron chi connectivity index (χ0n) is 24.5. The molecular weight excluding hydrogens is 574 g/mol. The van der Waals surface area contributed by atoms with E-state index in [1.54, 1.807) is 63.4 Å². The number of carbonyl (C=O) groups excluding carboxylic acids is 2. The molecule has 0 radical (unpaired) electrons. The fraction of sp³-hybridized carbons (Fsp3) is 0.375. The van der Waals surface area contributed by atoms with Crippen LogP contribution in [0.25, 0.3) is 0 Å². The van der Waals surface area contributed by atoms with Gasteiger partial charge in [-0.2, -0.15) is 0 Å². The SMILES string of the molecule is COc1ccc(CN(C(=O)CN(c2cccc(Cl)c2C)S(=O)(=O)c2ccc(C)cc2)C(C)C(=O)NC2CCCC2)cc1. The monoisotopic (exact) mass is 611 g/mol. The molecule has 8 nitrogen and oxygen atoms in total. The molecule has 1 aliphatic rings. The van der Waals surface area contributed by atoms with Gasteiger partial charge in [0.2, 0.25) is 11.8 Å². The van der Waals surface area contributed by atoms with Crippen LogP contribution in [0.15, 0.2) is 71.6 Å². The molecule has 10 heteroatoms. The Morgan fingerprint density at radius 2 is 1.64 bits per heavy atom. The van der Waals surface area contributed by atoms with Crippen LogP contribution >= 0.6 is 11.6 Å². The Morgan fingerprint density at radius 1 is 1.00 bits per heavy atom. The van der Waals surface area contributed by atoms with E-state index in [-0.39, 0.29) is 23.4 Å². The van der Waals surface area contributed by atoms with Gasteiger partial charge in [-0.15, -0.1) is 0 Å². The maximum absolute atomic E-state index is 14.1. The lowest BCUT2D eigenvalue weighted by molar-refractivity contribution is -0.139. The zero-order valence-corrected chi connectivity index (χ0v) is 26.0. The van der Waals surface area contributed by atoms with E-state index in [1.807, 2.05) is 19.1 Å². The van der Waals surface area contributed by atoms with E-state index < -0.39 is 28.5 Å². The molecule has 1 unspecified atom stereocenters. The van der Waals surface area contributed by atoms with Gasteiger partial charge >= 0.3 is 0 Å². The number of benzene rings is 3. The number of ether oxygens (including phenoxy) is 1. The van der Waals surface area contributed by atoms with Gasteiger partial charge in [-0.3, -0.25) is 13.9 Å². The minimum absolute atomic E-state index is 0.0500. The fourth-order valence-corrected chi connectivity index (χ4v) is 6.76. The van der Waals surface area contributed by atoms with Crippen molar-refractivity contribution in [2.75, 3.05) is 18.0 Å². The molecule has 0 heterocycles. The van der Waals surface area contributed by atoms with Crippen molar-refractivity contribution >= 4 is 39.1 Å². The largest absolute Gasteiger partial charge is 0.497 e. The van der Waals surface area contributed by atoms with Crippen molar-refractivity contribution in [1.29, 1.82) is 0 Å². The molecule has 3 aromatic rings. The second kappa shape index (κ2) is 13.6. The van der Waals surface area contributed by atoms with Crippen LogP contribution in [0.5, 0.6) is 5.75 Å². The number of methoxy groups -OCH3 is 1. The van der Waals surface area contributed by atoms with E-state index in [0.29, 0.717) is 22.0 Å². The third-order valence-electron chi connectivity index (χ3n) is 7.78. The minimum atomic E-state index is -4.18. The maximum atomic E-state index is 14.1.